The summed E-state index contributed by atoms with van der Waals surface area (Å²) in [6.45, 7) is 6.05. The molecule has 3 rings (SSSR count). The fourth-order valence-electron chi connectivity index (χ4n) is 2.69. The van der Waals surface area contributed by atoms with Crippen LogP contribution in [0.3, 0.4) is 0 Å². The number of nitrogens with one attached hydrogen (secondary N) is 2. The molecule has 0 atom stereocenters. The van der Waals surface area contributed by atoms with E-state index in [1.807, 2.05) is 20.8 Å². The van der Waals surface area contributed by atoms with Gasteiger partial charge in [0.25, 0.3) is 10.0 Å². The molecule has 3 aromatic rings. The maximum atomic E-state index is 12.5. The molecule has 2 aromatic carbocycles. The summed E-state index contributed by atoms with van der Waals surface area (Å²) >= 11 is 11.7. The van der Waals surface area contributed by atoms with E-state index in [0.29, 0.717) is 11.4 Å². The minimum atomic E-state index is -3.82. The SMILES string of the molecule is CC(C)(C)n1cc(NC(=O)Cc2ccc(NS(=O)(=O)c3ccc(Cl)c(Cl)c3)cc2)cn1. The van der Waals surface area contributed by atoms with Crippen LogP contribution in [0, 0.1) is 0 Å². The van der Waals surface area contributed by atoms with Crippen molar-refractivity contribution in [3.8, 4) is 0 Å². The summed E-state index contributed by atoms with van der Waals surface area (Å²) in [6.07, 6.45) is 3.52. The summed E-state index contributed by atoms with van der Waals surface area (Å²) in [5.41, 5.74) is 1.54. The number of sulfonamides is 1. The van der Waals surface area contributed by atoms with Gasteiger partial charge in [0, 0.05) is 11.9 Å². The number of benzene rings is 2. The van der Waals surface area contributed by atoms with Crippen LogP contribution < -0.4 is 10.0 Å². The van der Waals surface area contributed by atoms with Crippen LogP contribution in [0.4, 0.5) is 11.4 Å². The van der Waals surface area contributed by atoms with Crippen molar-refractivity contribution in [2.75, 3.05) is 10.0 Å². The first-order valence-corrected chi connectivity index (χ1v) is 11.6. The molecule has 2 N–H and O–H groups in total. The molecule has 0 saturated heterocycles. The fourth-order valence-corrected chi connectivity index (χ4v) is 4.14. The molecule has 164 valence electrons. The Morgan fingerprint density at radius 3 is 2.29 bits per heavy atom. The second-order valence-corrected chi connectivity index (χ2v) is 10.4. The van der Waals surface area contributed by atoms with Crippen molar-refractivity contribution in [3.05, 3.63) is 70.5 Å². The van der Waals surface area contributed by atoms with E-state index in [4.69, 9.17) is 23.2 Å². The predicted molar refractivity (Wildman–Crippen MR) is 123 cm³/mol. The van der Waals surface area contributed by atoms with Gasteiger partial charge >= 0.3 is 0 Å². The number of hydrogen-bond donors (Lipinski definition) is 2. The molecule has 0 unspecified atom stereocenters. The van der Waals surface area contributed by atoms with Crippen LogP contribution in [0.15, 0.2) is 59.8 Å². The quantitative estimate of drug-likeness (QED) is 0.522. The highest BCUT2D eigenvalue weighted by atomic mass is 35.5. The zero-order chi connectivity index (χ0) is 22.8. The number of halogens is 2. The van der Waals surface area contributed by atoms with Gasteiger partial charge in [-0.15, -0.1) is 0 Å². The Bertz CT molecular complexity index is 1200. The molecule has 0 bridgehead atoms. The summed E-state index contributed by atoms with van der Waals surface area (Å²) < 4.78 is 29.3. The van der Waals surface area contributed by atoms with Gasteiger partial charge < -0.3 is 5.32 Å². The summed E-state index contributed by atoms with van der Waals surface area (Å²) in [5.74, 6) is -0.197. The van der Waals surface area contributed by atoms with Gasteiger partial charge in [0.15, 0.2) is 0 Å². The number of hydrogen-bond acceptors (Lipinski definition) is 4. The standard InChI is InChI=1S/C21H22Cl2N4O3S/c1-21(2,3)27-13-16(12-24-27)25-20(28)10-14-4-6-15(7-5-14)26-31(29,30)17-8-9-18(22)19(23)11-17/h4-9,11-13,26H,10H2,1-3H3,(H,25,28). The van der Waals surface area contributed by atoms with Gasteiger partial charge in [0.05, 0.1) is 38.8 Å². The molecule has 31 heavy (non-hydrogen) atoms. The van der Waals surface area contributed by atoms with E-state index in [1.165, 1.54) is 18.2 Å². The summed E-state index contributed by atoms with van der Waals surface area (Å²) in [4.78, 5) is 12.3. The number of rotatable bonds is 6. The smallest absolute Gasteiger partial charge is 0.261 e. The molecule has 1 heterocycles. The van der Waals surface area contributed by atoms with Crippen molar-refractivity contribution in [1.82, 2.24) is 9.78 Å². The minimum Gasteiger partial charge on any atom is -0.323 e. The second-order valence-electron chi connectivity index (χ2n) is 7.95. The molecular formula is C21H22Cl2N4O3S. The van der Waals surface area contributed by atoms with Gasteiger partial charge in [-0.2, -0.15) is 5.10 Å². The monoisotopic (exact) mass is 480 g/mol. The number of amides is 1. The molecule has 1 aromatic heterocycles. The van der Waals surface area contributed by atoms with Crippen molar-refractivity contribution in [3.63, 3.8) is 0 Å². The van der Waals surface area contributed by atoms with Crippen LogP contribution in [-0.4, -0.2) is 24.1 Å². The molecule has 0 saturated carbocycles. The van der Waals surface area contributed by atoms with Crippen LogP contribution >= 0.6 is 23.2 Å². The number of aromatic nitrogens is 2. The maximum absolute atomic E-state index is 12.5. The predicted octanol–water partition coefficient (Wildman–Crippen LogP) is 4.93. The lowest BCUT2D eigenvalue weighted by Gasteiger charge is -2.18. The Kier molecular flexibility index (Phi) is 6.64. The van der Waals surface area contributed by atoms with Crippen molar-refractivity contribution in [2.45, 2.75) is 37.6 Å². The zero-order valence-electron chi connectivity index (χ0n) is 17.2. The lowest BCUT2D eigenvalue weighted by molar-refractivity contribution is -0.115. The Labute approximate surface area is 191 Å². The third kappa shape index (κ3) is 6.00. The van der Waals surface area contributed by atoms with E-state index < -0.39 is 10.0 Å². The average molecular weight is 481 g/mol. The molecule has 0 aliphatic rings. The van der Waals surface area contributed by atoms with Crippen molar-refractivity contribution >= 4 is 50.5 Å². The minimum absolute atomic E-state index is 0.00107. The van der Waals surface area contributed by atoms with Gasteiger partial charge in [0.1, 0.15) is 0 Å². The van der Waals surface area contributed by atoms with Crippen LogP contribution in [0.25, 0.3) is 0 Å². The molecule has 0 spiro atoms. The summed E-state index contributed by atoms with van der Waals surface area (Å²) in [7, 11) is -3.82. The topological polar surface area (TPSA) is 93.1 Å². The number of carbonyl (C=O) groups is 1. The molecule has 0 aliphatic heterocycles. The van der Waals surface area contributed by atoms with Gasteiger partial charge in [-0.05, 0) is 56.7 Å². The zero-order valence-corrected chi connectivity index (χ0v) is 19.5. The van der Waals surface area contributed by atoms with E-state index in [0.717, 1.165) is 5.56 Å². The third-order valence-electron chi connectivity index (χ3n) is 4.33. The van der Waals surface area contributed by atoms with Gasteiger partial charge in [-0.3, -0.25) is 14.2 Å². The first-order valence-electron chi connectivity index (χ1n) is 9.36. The van der Waals surface area contributed by atoms with Crippen molar-refractivity contribution < 1.29 is 13.2 Å². The van der Waals surface area contributed by atoms with E-state index in [1.54, 1.807) is 41.3 Å². The highest BCUT2D eigenvalue weighted by Gasteiger charge is 2.17. The number of nitrogens with zero attached hydrogens (tertiary/aromatic N) is 2. The van der Waals surface area contributed by atoms with E-state index in [2.05, 4.69) is 15.1 Å². The van der Waals surface area contributed by atoms with Gasteiger partial charge in [0.2, 0.25) is 5.91 Å². The van der Waals surface area contributed by atoms with E-state index in [-0.39, 0.29) is 32.8 Å². The van der Waals surface area contributed by atoms with Crippen molar-refractivity contribution in [2.24, 2.45) is 0 Å². The van der Waals surface area contributed by atoms with Gasteiger partial charge in [-0.1, -0.05) is 35.3 Å². The van der Waals surface area contributed by atoms with E-state index in [9.17, 15) is 13.2 Å². The highest BCUT2D eigenvalue weighted by molar-refractivity contribution is 7.92. The van der Waals surface area contributed by atoms with Crippen LogP contribution in [0.5, 0.6) is 0 Å². The van der Waals surface area contributed by atoms with Crippen LogP contribution in [0.1, 0.15) is 26.3 Å². The first kappa shape index (κ1) is 23.1. The van der Waals surface area contributed by atoms with Gasteiger partial charge in [-0.25, -0.2) is 8.42 Å². The second kappa shape index (κ2) is 8.90. The average Bonchev–Trinajstić information content (AvgIpc) is 3.14. The molecule has 0 fully saturated rings. The number of anilines is 2. The lowest BCUT2D eigenvalue weighted by atomic mass is 10.1. The maximum Gasteiger partial charge on any atom is 0.261 e. The van der Waals surface area contributed by atoms with Crippen LogP contribution in [0.2, 0.25) is 10.0 Å². The molecule has 7 nitrogen and oxygen atoms in total. The molecule has 0 radical (unpaired) electrons. The first-order chi connectivity index (χ1) is 14.4. The largest absolute Gasteiger partial charge is 0.323 e. The Hall–Kier alpha value is -2.55. The van der Waals surface area contributed by atoms with Crippen LogP contribution in [-0.2, 0) is 26.8 Å². The molecular weight excluding hydrogens is 459 g/mol. The number of carbonyl (C=O) groups excluding carboxylic acids is 1. The summed E-state index contributed by atoms with van der Waals surface area (Å²) in [6, 6.07) is 10.6. The molecule has 10 heteroatoms. The Morgan fingerprint density at radius 2 is 1.71 bits per heavy atom. The molecule has 0 aliphatic carbocycles. The Morgan fingerprint density at radius 1 is 1.03 bits per heavy atom. The lowest BCUT2D eigenvalue weighted by Crippen LogP contribution is -2.22. The normalized spacial score (nSPS) is 11.9. The highest BCUT2D eigenvalue weighted by Crippen LogP contribution is 2.26. The summed E-state index contributed by atoms with van der Waals surface area (Å²) in [5, 5.41) is 7.48. The Balaban J connectivity index is 1.62. The third-order valence-corrected chi connectivity index (χ3v) is 6.44. The van der Waals surface area contributed by atoms with E-state index >= 15 is 0 Å². The van der Waals surface area contributed by atoms with Crippen molar-refractivity contribution in [1.29, 1.82) is 0 Å². The molecule has 1 amide bonds. The fraction of sp³-hybridized carbons (Fsp3) is 0.238.